The molecule has 0 radical (unpaired) electrons. The number of nitrogens with zero attached hydrogens (tertiary/aromatic N) is 4. The second-order valence-corrected chi connectivity index (χ2v) is 7.28. The van der Waals surface area contributed by atoms with Crippen molar-refractivity contribution in [2.45, 2.75) is 26.1 Å². The van der Waals surface area contributed by atoms with E-state index >= 15 is 0 Å². The Labute approximate surface area is 210 Å². The Morgan fingerprint density at radius 2 is 1.69 bits per heavy atom. The lowest BCUT2D eigenvalue weighted by Gasteiger charge is -2.08. The number of rotatable bonds is 11. The minimum absolute atomic E-state index is 0. The van der Waals surface area contributed by atoms with Gasteiger partial charge in [-0.15, -0.1) is 30.7 Å². The smallest absolute Gasteiger partial charge is 0.487 e. The fourth-order valence-corrected chi connectivity index (χ4v) is 2.95. The Balaban J connectivity index is 0.00000361. The molecule has 0 atom stereocenters. The maximum Gasteiger partial charge on any atom is 0.573 e. The number of halogens is 4. The average molecular weight is 523 g/mol. The van der Waals surface area contributed by atoms with Gasteiger partial charge in [-0.05, 0) is 41.5 Å². The van der Waals surface area contributed by atoms with Gasteiger partial charge < -0.3 is 18.6 Å². The van der Waals surface area contributed by atoms with E-state index in [2.05, 4.69) is 20.0 Å². The van der Waals surface area contributed by atoms with E-state index in [1.54, 1.807) is 29.2 Å². The van der Waals surface area contributed by atoms with E-state index in [9.17, 15) is 13.2 Å². The van der Waals surface area contributed by atoms with Crippen molar-refractivity contribution in [2.75, 3.05) is 6.61 Å². The molecule has 0 aliphatic rings. The highest BCUT2D eigenvalue weighted by Crippen LogP contribution is 2.23. The van der Waals surface area contributed by atoms with E-state index in [0.717, 1.165) is 5.56 Å². The normalized spacial score (nSPS) is 11.4. The van der Waals surface area contributed by atoms with Crippen LogP contribution in [0.15, 0.2) is 71.6 Å². The lowest BCUT2D eigenvalue weighted by Crippen LogP contribution is -2.16. The van der Waals surface area contributed by atoms with Crippen LogP contribution in [0.5, 0.6) is 11.5 Å². The summed E-state index contributed by atoms with van der Waals surface area (Å²) in [7, 11) is 0. The molecule has 0 saturated heterocycles. The summed E-state index contributed by atoms with van der Waals surface area (Å²) in [5, 5.41) is 7.61. The SMILES string of the molecule is Cl.FC(F)(F)Oc1ccc(/C=C/c2nc(COc3ccc(COCCn4ccnn4)cc3)co2)cc1. The van der Waals surface area contributed by atoms with Crippen molar-refractivity contribution in [3.8, 4) is 11.5 Å². The van der Waals surface area contributed by atoms with Gasteiger partial charge in [-0.1, -0.05) is 29.5 Å². The van der Waals surface area contributed by atoms with Crippen molar-refractivity contribution >= 4 is 24.6 Å². The highest BCUT2D eigenvalue weighted by atomic mass is 35.5. The predicted molar refractivity (Wildman–Crippen MR) is 126 cm³/mol. The van der Waals surface area contributed by atoms with E-state index in [1.165, 1.54) is 30.5 Å². The zero-order valence-electron chi connectivity index (χ0n) is 18.8. The third-order valence-corrected chi connectivity index (χ3v) is 4.62. The van der Waals surface area contributed by atoms with Gasteiger partial charge in [-0.2, -0.15) is 0 Å². The van der Waals surface area contributed by atoms with Crippen LogP contribution in [0.4, 0.5) is 13.2 Å². The molecule has 0 unspecified atom stereocenters. The van der Waals surface area contributed by atoms with Crippen molar-refractivity contribution < 1.29 is 31.8 Å². The molecule has 4 rings (SSSR count). The Morgan fingerprint density at radius 3 is 2.39 bits per heavy atom. The summed E-state index contributed by atoms with van der Waals surface area (Å²) in [6.07, 6.45) is 3.45. The van der Waals surface area contributed by atoms with Gasteiger partial charge in [0.2, 0.25) is 5.89 Å². The Kier molecular flexibility index (Phi) is 9.48. The van der Waals surface area contributed by atoms with Gasteiger partial charge in [0.25, 0.3) is 0 Å². The maximum atomic E-state index is 12.2. The number of hydrogen-bond donors (Lipinski definition) is 0. The summed E-state index contributed by atoms with van der Waals surface area (Å²) in [5.41, 5.74) is 2.28. The standard InChI is InChI=1S/C24H21F3N4O4.ClH/c25-24(26,27)35-22-8-1-18(2-9-22)5-10-23-29-20(17-34-23)16-33-21-6-3-19(4-7-21)15-32-14-13-31-12-11-28-30-31;/h1-12,17H,13-16H2;1H/b10-5+;. The number of oxazole rings is 1. The summed E-state index contributed by atoms with van der Waals surface area (Å²) in [6, 6.07) is 13.0. The molecule has 8 nitrogen and oxygen atoms in total. The van der Waals surface area contributed by atoms with E-state index in [4.69, 9.17) is 13.9 Å². The predicted octanol–water partition coefficient (Wildman–Crippen LogP) is 5.55. The van der Waals surface area contributed by atoms with Crippen LogP contribution >= 0.6 is 12.4 Å². The minimum Gasteiger partial charge on any atom is -0.487 e. The van der Waals surface area contributed by atoms with E-state index in [-0.39, 0.29) is 24.8 Å². The fourth-order valence-electron chi connectivity index (χ4n) is 2.95. The molecule has 190 valence electrons. The second kappa shape index (κ2) is 12.8. The van der Waals surface area contributed by atoms with Crippen LogP contribution in [-0.2, 0) is 24.5 Å². The van der Waals surface area contributed by atoms with Gasteiger partial charge in [0.1, 0.15) is 30.1 Å². The highest BCUT2D eigenvalue weighted by Gasteiger charge is 2.30. The molecule has 0 spiro atoms. The highest BCUT2D eigenvalue weighted by molar-refractivity contribution is 5.85. The lowest BCUT2D eigenvalue weighted by molar-refractivity contribution is -0.274. The third kappa shape index (κ3) is 8.75. The van der Waals surface area contributed by atoms with Gasteiger partial charge in [0.15, 0.2) is 0 Å². The summed E-state index contributed by atoms with van der Waals surface area (Å²) in [5.74, 6) is 0.740. The van der Waals surface area contributed by atoms with Crippen LogP contribution in [0.1, 0.15) is 22.7 Å². The molecule has 0 amide bonds. The maximum absolute atomic E-state index is 12.2. The summed E-state index contributed by atoms with van der Waals surface area (Å²) >= 11 is 0. The Bertz CT molecular complexity index is 1210. The molecule has 2 aromatic carbocycles. The molecule has 0 saturated carbocycles. The van der Waals surface area contributed by atoms with Gasteiger partial charge in [0.05, 0.1) is 26.0 Å². The lowest BCUT2D eigenvalue weighted by atomic mass is 10.2. The molecule has 0 fully saturated rings. The molecule has 36 heavy (non-hydrogen) atoms. The molecular weight excluding hydrogens is 501 g/mol. The summed E-state index contributed by atoms with van der Waals surface area (Å²) in [6.45, 7) is 1.86. The van der Waals surface area contributed by atoms with Crippen molar-refractivity contribution in [2.24, 2.45) is 0 Å². The molecular formula is C24H22ClF3N4O4. The van der Waals surface area contributed by atoms with Crippen LogP contribution in [0.2, 0.25) is 0 Å². The first-order valence-corrected chi connectivity index (χ1v) is 10.5. The van der Waals surface area contributed by atoms with Crippen LogP contribution in [0.25, 0.3) is 12.2 Å². The summed E-state index contributed by atoms with van der Waals surface area (Å²) < 4.78 is 59.0. The van der Waals surface area contributed by atoms with Crippen molar-refractivity contribution in [3.05, 3.63) is 89.9 Å². The molecule has 2 heterocycles. The van der Waals surface area contributed by atoms with Crippen molar-refractivity contribution in [1.29, 1.82) is 0 Å². The van der Waals surface area contributed by atoms with Gasteiger partial charge in [-0.3, -0.25) is 4.68 Å². The van der Waals surface area contributed by atoms with Crippen molar-refractivity contribution in [3.63, 3.8) is 0 Å². The first-order chi connectivity index (χ1) is 16.9. The number of hydrogen-bond acceptors (Lipinski definition) is 7. The number of benzene rings is 2. The van der Waals surface area contributed by atoms with Crippen LogP contribution in [0.3, 0.4) is 0 Å². The van der Waals surface area contributed by atoms with E-state index in [0.29, 0.717) is 42.7 Å². The van der Waals surface area contributed by atoms with Crippen LogP contribution < -0.4 is 9.47 Å². The molecule has 2 aromatic heterocycles. The first-order valence-electron chi connectivity index (χ1n) is 10.5. The number of alkyl halides is 3. The first kappa shape index (κ1) is 26.8. The number of ether oxygens (including phenoxy) is 3. The molecule has 12 heteroatoms. The van der Waals surface area contributed by atoms with Crippen LogP contribution in [-0.4, -0.2) is 32.9 Å². The van der Waals surface area contributed by atoms with Gasteiger partial charge >= 0.3 is 6.36 Å². The Hall–Kier alpha value is -3.83. The molecule has 0 aliphatic heterocycles. The molecule has 0 aliphatic carbocycles. The molecule has 0 N–H and O–H groups in total. The van der Waals surface area contributed by atoms with Crippen molar-refractivity contribution in [1.82, 2.24) is 20.0 Å². The minimum atomic E-state index is -4.72. The quantitative estimate of drug-likeness (QED) is 0.239. The molecule has 4 aromatic rings. The molecule has 0 bridgehead atoms. The number of aromatic nitrogens is 4. The summed E-state index contributed by atoms with van der Waals surface area (Å²) in [4.78, 5) is 4.31. The largest absolute Gasteiger partial charge is 0.573 e. The van der Waals surface area contributed by atoms with Crippen LogP contribution in [0, 0.1) is 0 Å². The fraction of sp³-hybridized carbons (Fsp3) is 0.208. The average Bonchev–Trinajstić information content (AvgIpc) is 3.52. The zero-order chi connectivity index (χ0) is 24.5. The van der Waals surface area contributed by atoms with E-state index in [1.807, 2.05) is 24.3 Å². The topological polar surface area (TPSA) is 84.4 Å². The van der Waals surface area contributed by atoms with Gasteiger partial charge in [0, 0.05) is 12.3 Å². The monoisotopic (exact) mass is 522 g/mol. The zero-order valence-corrected chi connectivity index (χ0v) is 19.6. The Morgan fingerprint density at radius 1 is 0.944 bits per heavy atom. The second-order valence-electron chi connectivity index (χ2n) is 7.28. The van der Waals surface area contributed by atoms with Gasteiger partial charge in [-0.25, -0.2) is 4.98 Å². The van der Waals surface area contributed by atoms with E-state index < -0.39 is 6.36 Å². The third-order valence-electron chi connectivity index (χ3n) is 4.62.